The van der Waals surface area contributed by atoms with Crippen molar-refractivity contribution in [1.29, 1.82) is 5.26 Å². The number of hydrogen-bond acceptors (Lipinski definition) is 4. The quantitative estimate of drug-likeness (QED) is 0.886. The second-order valence-corrected chi connectivity index (χ2v) is 6.46. The first kappa shape index (κ1) is 13.7. The lowest BCUT2D eigenvalue weighted by Crippen LogP contribution is -2.35. The number of para-hydroxylation sites is 1. The van der Waals surface area contributed by atoms with E-state index in [4.69, 9.17) is 17.5 Å². The Morgan fingerprint density at radius 1 is 1.30 bits per heavy atom. The Bertz CT molecular complexity index is 704. The molecule has 3 rings (SSSR count). The zero-order valence-electron chi connectivity index (χ0n) is 11.1. The first-order valence-electron chi connectivity index (χ1n) is 6.71. The third-order valence-electron chi connectivity index (χ3n) is 3.67. The van der Waals surface area contributed by atoms with Crippen molar-refractivity contribution in [1.82, 2.24) is 14.5 Å². The SMILES string of the molecule is N#Cc1cccc2c1[nH]c(=S)n2CCN1CCSCC1. The standard InChI is InChI=1S/C14H16N4S2/c15-10-11-2-1-3-12-13(11)16-14(19)18(12)5-4-17-6-8-20-9-7-17/h1-3H,4-9H2,(H,16,19). The molecule has 1 aromatic carbocycles. The van der Waals surface area contributed by atoms with Crippen LogP contribution in [0.15, 0.2) is 18.2 Å². The lowest BCUT2D eigenvalue weighted by molar-refractivity contribution is 0.290. The molecule has 1 aliphatic rings. The second kappa shape index (κ2) is 6.00. The molecule has 4 nitrogen and oxygen atoms in total. The Kier molecular flexibility index (Phi) is 4.10. The Morgan fingerprint density at radius 2 is 2.10 bits per heavy atom. The highest BCUT2D eigenvalue weighted by atomic mass is 32.2. The number of aromatic amines is 1. The van der Waals surface area contributed by atoms with Crippen LogP contribution in [-0.2, 0) is 6.54 Å². The minimum atomic E-state index is 0.654. The van der Waals surface area contributed by atoms with E-state index in [9.17, 15) is 0 Å². The first-order valence-corrected chi connectivity index (χ1v) is 8.27. The van der Waals surface area contributed by atoms with Gasteiger partial charge in [-0.15, -0.1) is 0 Å². The van der Waals surface area contributed by atoms with E-state index in [1.807, 2.05) is 30.0 Å². The van der Waals surface area contributed by atoms with Gasteiger partial charge in [-0.2, -0.15) is 17.0 Å². The summed E-state index contributed by atoms with van der Waals surface area (Å²) in [6, 6.07) is 7.97. The molecule has 0 unspecified atom stereocenters. The summed E-state index contributed by atoms with van der Waals surface area (Å²) in [6.07, 6.45) is 0. The molecule has 0 spiro atoms. The van der Waals surface area contributed by atoms with E-state index in [-0.39, 0.29) is 0 Å². The van der Waals surface area contributed by atoms with Crippen LogP contribution in [0, 0.1) is 16.1 Å². The number of imidazole rings is 1. The van der Waals surface area contributed by atoms with Crippen LogP contribution in [0.4, 0.5) is 0 Å². The first-order chi connectivity index (χ1) is 9.79. The van der Waals surface area contributed by atoms with Gasteiger partial charge < -0.3 is 9.55 Å². The average Bonchev–Trinajstić information content (AvgIpc) is 2.81. The van der Waals surface area contributed by atoms with E-state index in [1.165, 1.54) is 11.5 Å². The van der Waals surface area contributed by atoms with E-state index in [0.717, 1.165) is 37.2 Å². The number of nitriles is 1. The van der Waals surface area contributed by atoms with Crippen molar-refractivity contribution in [3.05, 3.63) is 28.5 Å². The van der Waals surface area contributed by atoms with E-state index in [0.29, 0.717) is 10.3 Å². The number of benzene rings is 1. The van der Waals surface area contributed by atoms with Gasteiger partial charge in [-0.3, -0.25) is 4.90 Å². The van der Waals surface area contributed by atoms with Crippen molar-refractivity contribution >= 4 is 35.0 Å². The summed E-state index contributed by atoms with van der Waals surface area (Å²) in [7, 11) is 0. The molecule has 1 aliphatic heterocycles. The Labute approximate surface area is 127 Å². The summed E-state index contributed by atoms with van der Waals surface area (Å²) in [4.78, 5) is 5.64. The van der Waals surface area contributed by atoms with Crippen molar-refractivity contribution in [2.75, 3.05) is 31.1 Å². The molecule has 104 valence electrons. The molecule has 0 atom stereocenters. The van der Waals surface area contributed by atoms with Crippen LogP contribution < -0.4 is 0 Å². The fraction of sp³-hybridized carbons (Fsp3) is 0.429. The van der Waals surface area contributed by atoms with Gasteiger partial charge in [-0.05, 0) is 24.4 Å². The summed E-state index contributed by atoms with van der Waals surface area (Å²) in [6.45, 7) is 4.20. The maximum atomic E-state index is 9.15. The molecule has 0 bridgehead atoms. The van der Waals surface area contributed by atoms with E-state index in [1.54, 1.807) is 0 Å². The maximum Gasteiger partial charge on any atom is 0.178 e. The average molecular weight is 304 g/mol. The number of nitrogens with one attached hydrogen (secondary N) is 1. The summed E-state index contributed by atoms with van der Waals surface area (Å²) in [5, 5.41) is 9.15. The van der Waals surface area contributed by atoms with E-state index in [2.05, 4.69) is 20.5 Å². The fourth-order valence-electron chi connectivity index (χ4n) is 2.56. The van der Waals surface area contributed by atoms with Crippen LogP contribution >= 0.6 is 24.0 Å². The predicted octanol–water partition coefficient (Wildman–Crippen LogP) is 2.62. The normalized spacial score (nSPS) is 16.4. The summed E-state index contributed by atoms with van der Waals surface area (Å²) in [5.74, 6) is 2.44. The van der Waals surface area contributed by atoms with Gasteiger partial charge in [-0.1, -0.05) is 6.07 Å². The minimum Gasteiger partial charge on any atom is -0.329 e. The molecule has 2 aromatic rings. The van der Waals surface area contributed by atoms with Gasteiger partial charge >= 0.3 is 0 Å². The Balaban J connectivity index is 1.86. The lowest BCUT2D eigenvalue weighted by atomic mass is 10.2. The van der Waals surface area contributed by atoms with Crippen molar-refractivity contribution < 1.29 is 0 Å². The van der Waals surface area contributed by atoms with Crippen LogP contribution in [0.25, 0.3) is 11.0 Å². The van der Waals surface area contributed by atoms with E-state index < -0.39 is 0 Å². The summed E-state index contributed by atoms with van der Waals surface area (Å²) in [5.41, 5.74) is 2.54. The molecule has 1 aromatic heterocycles. The van der Waals surface area contributed by atoms with Crippen molar-refractivity contribution in [3.8, 4) is 6.07 Å². The van der Waals surface area contributed by atoms with Gasteiger partial charge in [0.1, 0.15) is 6.07 Å². The van der Waals surface area contributed by atoms with Crippen molar-refractivity contribution in [3.63, 3.8) is 0 Å². The molecule has 1 saturated heterocycles. The van der Waals surface area contributed by atoms with Gasteiger partial charge in [0, 0.05) is 37.7 Å². The third-order valence-corrected chi connectivity index (χ3v) is 4.94. The number of aromatic nitrogens is 2. The van der Waals surface area contributed by atoms with E-state index >= 15 is 0 Å². The summed E-state index contributed by atoms with van der Waals surface area (Å²) < 4.78 is 2.81. The fourth-order valence-corrected chi connectivity index (χ4v) is 3.83. The molecule has 0 aliphatic carbocycles. The molecule has 1 N–H and O–H groups in total. The number of hydrogen-bond donors (Lipinski definition) is 1. The molecule has 1 fully saturated rings. The monoisotopic (exact) mass is 304 g/mol. The topological polar surface area (TPSA) is 47.8 Å². The third kappa shape index (κ3) is 2.62. The van der Waals surface area contributed by atoms with Crippen LogP contribution in [0.1, 0.15) is 5.56 Å². The van der Waals surface area contributed by atoms with Gasteiger partial charge in [0.2, 0.25) is 0 Å². The zero-order chi connectivity index (χ0) is 13.9. The number of rotatable bonds is 3. The zero-order valence-corrected chi connectivity index (χ0v) is 12.8. The van der Waals surface area contributed by atoms with Crippen molar-refractivity contribution in [2.45, 2.75) is 6.54 Å². The van der Waals surface area contributed by atoms with Gasteiger partial charge in [0.05, 0.1) is 16.6 Å². The Hall–Kier alpha value is -1.29. The smallest absolute Gasteiger partial charge is 0.178 e. The lowest BCUT2D eigenvalue weighted by Gasteiger charge is -2.26. The summed E-state index contributed by atoms with van der Waals surface area (Å²) >= 11 is 7.42. The maximum absolute atomic E-state index is 9.15. The highest BCUT2D eigenvalue weighted by Gasteiger charge is 2.12. The number of fused-ring (bicyclic) bond motifs is 1. The largest absolute Gasteiger partial charge is 0.329 e. The molecule has 6 heteroatoms. The second-order valence-electron chi connectivity index (χ2n) is 4.85. The van der Waals surface area contributed by atoms with Gasteiger partial charge in [0.25, 0.3) is 0 Å². The van der Waals surface area contributed by atoms with Crippen LogP contribution in [0.3, 0.4) is 0 Å². The molecule has 0 radical (unpaired) electrons. The number of thioether (sulfide) groups is 1. The molecule has 20 heavy (non-hydrogen) atoms. The van der Waals surface area contributed by atoms with Gasteiger partial charge in [-0.25, -0.2) is 0 Å². The predicted molar refractivity (Wildman–Crippen MR) is 85.6 cm³/mol. The highest BCUT2D eigenvalue weighted by molar-refractivity contribution is 7.99. The highest BCUT2D eigenvalue weighted by Crippen LogP contribution is 2.18. The molecular weight excluding hydrogens is 288 g/mol. The molecule has 2 heterocycles. The molecular formula is C14H16N4S2. The Morgan fingerprint density at radius 3 is 2.85 bits per heavy atom. The van der Waals surface area contributed by atoms with Crippen LogP contribution in [-0.4, -0.2) is 45.6 Å². The van der Waals surface area contributed by atoms with Crippen molar-refractivity contribution in [2.24, 2.45) is 0 Å². The van der Waals surface area contributed by atoms with Crippen LogP contribution in [0.5, 0.6) is 0 Å². The molecule has 0 saturated carbocycles. The number of nitrogens with zero attached hydrogens (tertiary/aromatic N) is 3. The number of H-pyrrole nitrogens is 1. The van der Waals surface area contributed by atoms with Crippen LogP contribution in [0.2, 0.25) is 0 Å². The molecule has 0 amide bonds. The minimum absolute atomic E-state index is 0.654. The van der Waals surface area contributed by atoms with Gasteiger partial charge in [0.15, 0.2) is 4.77 Å².